The van der Waals surface area contributed by atoms with Crippen LogP contribution in [0.1, 0.15) is 17.1 Å². The molecule has 0 aliphatic rings. The van der Waals surface area contributed by atoms with Crippen molar-refractivity contribution in [3.05, 3.63) is 70.9 Å². The molecule has 0 aromatic carbocycles. The lowest BCUT2D eigenvalue weighted by molar-refractivity contribution is 1.15. The molecule has 5 rings (SSSR count). The van der Waals surface area contributed by atoms with Crippen LogP contribution in [0.25, 0.3) is 39.0 Å². The van der Waals surface area contributed by atoms with Crippen molar-refractivity contribution in [1.82, 2.24) is 0 Å². The zero-order chi connectivity index (χ0) is 19.8. The summed E-state index contributed by atoms with van der Waals surface area (Å²) in [6, 6.07) is 22.5. The van der Waals surface area contributed by atoms with Gasteiger partial charge in [-0.1, -0.05) is 6.07 Å². The molecule has 0 bridgehead atoms. The van der Waals surface area contributed by atoms with E-state index in [4.69, 9.17) is 0 Å². The molecule has 5 aromatic heterocycles. The van der Waals surface area contributed by atoms with Gasteiger partial charge in [-0.2, -0.15) is 11.8 Å². The van der Waals surface area contributed by atoms with E-state index in [-0.39, 0.29) is 0 Å². The fourth-order valence-electron chi connectivity index (χ4n) is 3.05. The second kappa shape index (κ2) is 8.53. The zero-order valence-electron chi connectivity index (χ0n) is 15.9. The molecule has 0 radical (unpaired) electrons. The predicted octanol–water partition coefficient (Wildman–Crippen LogP) is 10.1. The van der Waals surface area contributed by atoms with Gasteiger partial charge in [0, 0.05) is 49.1 Å². The van der Waals surface area contributed by atoms with Crippen molar-refractivity contribution >= 4 is 68.4 Å². The Morgan fingerprint density at radius 2 is 1.03 bits per heavy atom. The second-order valence-corrected chi connectivity index (χ2v) is 13.0. The van der Waals surface area contributed by atoms with Gasteiger partial charge in [0.1, 0.15) is 0 Å². The normalized spacial score (nSPS) is 12.5. The van der Waals surface area contributed by atoms with Crippen LogP contribution in [0.5, 0.6) is 0 Å². The maximum absolute atomic E-state index is 2.28. The maximum atomic E-state index is 2.28. The summed E-state index contributed by atoms with van der Waals surface area (Å²) in [6.45, 7) is 2.28. The van der Waals surface area contributed by atoms with Crippen LogP contribution >= 0.6 is 68.4 Å². The molecule has 0 saturated carbocycles. The van der Waals surface area contributed by atoms with Gasteiger partial charge in [0.15, 0.2) is 0 Å². The highest BCUT2D eigenvalue weighted by molar-refractivity contribution is 7.98. The molecule has 5 aromatic rings. The number of hydrogen-bond donors (Lipinski definition) is 0. The second-order valence-electron chi connectivity index (χ2n) is 6.55. The molecule has 146 valence electrons. The van der Waals surface area contributed by atoms with Crippen molar-refractivity contribution in [2.45, 2.75) is 12.2 Å². The molecule has 6 heteroatoms. The molecule has 0 amide bonds. The number of thiophene rings is 5. The molecule has 1 atom stereocenters. The van der Waals surface area contributed by atoms with Gasteiger partial charge in [-0.15, -0.1) is 56.7 Å². The van der Waals surface area contributed by atoms with Crippen molar-refractivity contribution in [3.63, 3.8) is 0 Å². The Labute approximate surface area is 195 Å². The van der Waals surface area contributed by atoms with Crippen LogP contribution in [0.4, 0.5) is 0 Å². The molecule has 29 heavy (non-hydrogen) atoms. The Hall–Kier alpha value is -1.15. The lowest BCUT2D eigenvalue weighted by atomic mass is 10.3. The van der Waals surface area contributed by atoms with Gasteiger partial charge in [-0.25, -0.2) is 0 Å². The Bertz CT molecular complexity index is 1210. The first-order chi connectivity index (χ1) is 14.2. The quantitative estimate of drug-likeness (QED) is 0.230. The minimum absolute atomic E-state index is 0.568. The van der Waals surface area contributed by atoms with E-state index in [1.807, 2.05) is 68.4 Å². The molecular formula is C23H18S6. The van der Waals surface area contributed by atoms with Crippen LogP contribution in [0.3, 0.4) is 0 Å². The van der Waals surface area contributed by atoms with Crippen molar-refractivity contribution in [1.29, 1.82) is 0 Å². The van der Waals surface area contributed by atoms with E-state index in [1.54, 1.807) is 0 Å². The highest BCUT2D eigenvalue weighted by Crippen LogP contribution is 2.45. The third-order valence-corrected chi connectivity index (χ3v) is 12.0. The minimum atomic E-state index is 0.568. The molecular weight excluding hydrogens is 469 g/mol. The first-order valence-electron chi connectivity index (χ1n) is 9.18. The zero-order valence-corrected chi connectivity index (χ0v) is 20.8. The number of hydrogen-bond acceptors (Lipinski definition) is 6. The third kappa shape index (κ3) is 4.07. The SMILES string of the molecule is CSC(C)c1ccc(-c2ccc(-c3ccc(-c4ccc(-c5cccs5)s4)s3)s2)s1. The van der Waals surface area contributed by atoms with Gasteiger partial charge >= 0.3 is 0 Å². The Morgan fingerprint density at radius 3 is 1.48 bits per heavy atom. The van der Waals surface area contributed by atoms with Crippen LogP contribution < -0.4 is 0 Å². The maximum Gasteiger partial charge on any atom is 0.0449 e. The molecule has 0 N–H and O–H groups in total. The Balaban J connectivity index is 1.38. The van der Waals surface area contributed by atoms with E-state index in [9.17, 15) is 0 Å². The van der Waals surface area contributed by atoms with Crippen LogP contribution in [0, 0.1) is 0 Å². The average molecular weight is 487 g/mol. The van der Waals surface area contributed by atoms with Gasteiger partial charge in [-0.05, 0) is 73.2 Å². The predicted molar refractivity (Wildman–Crippen MR) is 140 cm³/mol. The number of rotatable bonds is 6. The smallest absolute Gasteiger partial charge is 0.0449 e. The van der Waals surface area contributed by atoms with E-state index in [0.29, 0.717) is 5.25 Å². The minimum Gasteiger partial charge on any atom is -0.157 e. The van der Waals surface area contributed by atoms with E-state index in [2.05, 4.69) is 79.2 Å². The summed E-state index contributed by atoms with van der Waals surface area (Å²) in [5.41, 5.74) is 0. The van der Waals surface area contributed by atoms with Crippen molar-refractivity contribution in [2.75, 3.05) is 6.26 Å². The van der Waals surface area contributed by atoms with E-state index in [1.165, 1.54) is 43.9 Å². The fourth-order valence-corrected chi connectivity index (χ4v) is 8.85. The molecule has 0 aliphatic carbocycles. The van der Waals surface area contributed by atoms with Crippen molar-refractivity contribution in [3.8, 4) is 39.0 Å². The lowest BCUT2D eigenvalue weighted by Gasteiger charge is -2.02. The fraction of sp³-hybridized carbons (Fsp3) is 0.130. The van der Waals surface area contributed by atoms with Crippen LogP contribution in [-0.2, 0) is 0 Å². The largest absolute Gasteiger partial charge is 0.157 e. The van der Waals surface area contributed by atoms with E-state index < -0.39 is 0 Å². The monoisotopic (exact) mass is 486 g/mol. The third-order valence-electron chi connectivity index (χ3n) is 4.69. The van der Waals surface area contributed by atoms with Gasteiger partial charge in [0.2, 0.25) is 0 Å². The molecule has 0 fully saturated rings. The summed E-state index contributed by atoms with van der Waals surface area (Å²) in [6.07, 6.45) is 2.18. The van der Waals surface area contributed by atoms with Crippen molar-refractivity contribution in [2.24, 2.45) is 0 Å². The molecule has 0 aliphatic heterocycles. The standard InChI is InChI=1S/C23H18S6/c1-14(24-2)15-5-6-18(26-15)19-9-10-22(28-19)23-12-11-21(29-23)20-8-7-17(27-20)16-4-3-13-25-16/h3-14H,1-2H3. The average Bonchev–Trinajstić information content (AvgIpc) is 3.56. The van der Waals surface area contributed by atoms with Gasteiger partial charge < -0.3 is 0 Å². The highest BCUT2D eigenvalue weighted by atomic mass is 32.2. The Kier molecular flexibility index (Phi) is 5.82. The van der Waals surface area contributed by atoms with Crippen LogP contribution in [0.2, 0.25) is 0 Å². The molecule has 0 nitrogen and oxygen atoms in total. The lowest BCUT2D eigenvalue weighted by Crippen LogP contribution is -1.78. The summed E-state index contributed by atoms with van der Waals surface area (Å²) < 4.78 is 0. The van der Waals surface area contributed by atoms with Crippen LogP contribution in [0.15, 0.2) is 66.0 Å². The Morgan fingerprint density at radius 1 is 0.586 bits per heavy atom. The molecule has 5 heterocycles. The highest BCUT2D eigenvalue weighted by Gasteiger charge is 2.13. The first kappa shape index (κ1) is 19.8. The molecule has 1 unspecified atom stereocenters. The summed E-state index contributed by atoms with van der Waals surface area (Å²) in [5, 5.41) is 2.71. The summed E-state index contributed by atoms with van der Waals surface area (Å²) in [5.74, 6) is 0. The van der Waals surface area contributed by atoms with Crippen LogP contribution in [-0.4, -0.2) is 6.26 Å². The van der Waals surface area contributed by atoms with E-state index >= 15 is 0 Å². The molecule has 0 spiro atoms. The topological polar surface area (TPSA) is 0 Å². The number of thioether (sulfide) groups is 1. The first-order valence-corrected chi connectivity index (χ1v) is 14.6. The molecule has 0 saturated heterocycles. The van der Waals surface area contributed by atoms with Gasteiger partial charge in [0.05, 0.1) is 0 Å². The van der Waals surface area contributed by atoms with E-state index in [0.717, 1.165) is 0 Å². The summed E-state index contributed by atoms with van der Waals surface area (Å²) >= 11 is 11.3. The summed E-state index contributed by atoms with van der Waals surface area (Å²) in [7, 11) is 0. The van der Waals surface area contributed by atoms with Gasteiger partial charge in [-0.3, -0.25) is 0 Å². The summed E-state index contributed by atoms with van der Waals surface area (Å²) in [4.78, 5) is 12.4. The van der Waals surface area contributed by atoms with Gasteiger partial charge in [0.25, 0.3) is 0 Å². The van der Waals surface area contributed by atoms with Crippen molar-refractivity contribution < 1.29 is 0 Å².